The van der Waals surface area contributed by atoms with E-state index >= 15 is 0 Å². The van der Waals surface area contributed by atoms with Gasteiger partial charge in [-0.2, -0.15) is 0 Å². The molecule has 0 fully saturated rings. The van der Waals surface area contributed by atoms with Crippen LogP contribution in [0.5, 0.6) is 0 Å². The van der Waals surface area contributed by atoms with Crippen LogP contribution in [0.25, 0.3) is 10.7 Å². The Kier molecular flexibility index (Phi) is 1.93. The van der Waals surface area contributed by atoms with E-state index in [0.717, 1.165) is 14.6 Å². The molecule has 0 amide bonds. The smallest absolute Gasteiger partial charge is 0.183 e. The summed E-state index contributed by atoms with van der Waals surface area (Å²) in [6.45, 7) is 0. The molecule has 0 saturated heterocycles. The summed E-state index contributed by atoms with van der Waals surface area (Å²) in [5.41, 5.74) is 0.984. The van der Waals surface area contributed by atoms with E-state index in [4.69, 9.17) is 0 Å². The summed E-state index contributed by atoms with van der Waals surface area (Å²) in [7, 11) is 1.93. The summed E-state index contributed by atoms with van der Waals surface area (Å²) in [4.78, 5) is 3.99. The van der Waals surface area contributed by atoms with Crippen LogP contribution < -0.4 is 0 Å². The number of halogens is 1. The van der Waals surface area contributed by atoms with Crippen molar-refractivity contribution in [3.63, 3.8) is 0 Å². The Hall–Kier alpha value is -0.750. The van der Waals surface area contributed by atoms with Crippen LogP contribution in [0.4, 0.5) is 0 Å². The monoisotopic (exact) mass is 244 g/mol. The molecule has 0 saturated carbocycles. The SMILES string of the molecule is Cn1cncc1-c1nnc(Br)s1. The molecule has 0 radical (unpaired) electrons. The van der Waals surface area contributed by atoms with E-state index in [1.165, 1.54) is 11.3 Å². The Morgan fingerprint density at radius 1 is 1.50 bits per heavy atom. The molecular weight excluding hydrogens is 240 g/mol. The van der Waals surface area contributed by atoms with Gasteiger partial charge >= 0.3 is 0 Å². The lowest BCUT2D eigenvalue weighted by atomic mass is 10.5. The molecule has 2 aromatic rings. The van der Waals surface area contributed by atoms with Gasteiger partial charge in [-0.25, -0.2) is 4.98 Å². The van der Waals surface area contributed by atoms with Crippen LogP contribution in [-0.2, 0) is 7.05 Å². The number of hydrogen-bond donors (Lipinski definition) is 0. The molecule has 0 N–H and O–H groups in total. The maximum atomic E-state index is 3.99. The highest BCUT2D eigenvalue weighted by molar-refractivity contribution is 9.11. The van der Waals surface area contributed by atoms with Crippen LogP contribution in [0.2, 0.25) is 0 Å². The third-order valence-corrected chi connectivity index (χ3v) is 2.81. The van der Waals surface area contributed by atoms with Gasteiger partial charge in [-0.1, -0.05) is 11.3 Å². The molecule has 0 bridgehead atoms. The molecule has 0 unspecified atom stereocenters. The molecule has 0 aliphatic heterocycles. The fourth-order valence-corrected chi connectivity index (χ4v) is 2.04. The molecule has 0 spiro atoms. The minimum atomic E-state index is 0.790. The predicted molar refractivity (Wildman–Crippen MR) is 49.8 cm³/mol. The van der Waals surface area contributed by atoms with Gasteiger partial charge in [0.1, 0.15) is 0 Å². The Bertz CT molecular complexity index is 394. The van der Waals surface area contributed by atoms with Crippen molar-refractivity contribution in [1.82, 2.24) is 19.7 Å². The largest absolute Gasteiger partial charge is 0.332 e. The van der Waals surface area contributed by atoms with Gasteiger partial charge in [0, 0.05) is 7.05 Å². The third-order valence-electron chi connectivity index (χ3n) is 1.44. The van der Waals surface area contributed by atoms with Gasteiger partial charge in [0.25, 0.3) is 0 Å². The Morgan fingerprint density at radius 3 is 2.83 bits per heavy atom. The van der Waals surface area contributed by atoms with Crippen molar-refractivity contribution >= 4 is 27.3 Å². The van der Waals surface area contributed by atoms with Gasteiger partial charge < -0.3 is 4.57 Å². The van der Waals surface area contributed by atoms with Crippen LogP contribution in [-0.4, -0.2) is 19.7 Å². The van der Waals surface area contributed by atoms with Crippen molar-refractivity contribution in [3.05, 3.63) is 16.4 Å². The van der Waals surface area contributed by atoms with Gasteiger partial charge in [0.15, 0.2) is 8.92 Å². The number of nitrogens with zero attached hydrogens (tertiary/aromatic N) is 4. The molecule has 0 aromatic carbocycles. The van der Waals surface area contributed by atoms with Crippen molar-refractivity contribution in [2.45, 2.75) is 0 Å². The quantitative estimate of drug-likeness (QED) is 0.768. The zero-order chi connectivity index (χ0) is 8.55. The van der Waals surface area contributed by atoms with E-state index < -0.39 is 0 Å². The highest BCUT2D eigenvalue weighted by atomic mass is 79.9. The lowest BCUT2D eigenvalue weighted by Gasteiger charge is -1.93. The second-order valence-corrected chi connectivity index (χ2v) is 4.50. The second-order valence-electron chi connectivity index (χ2n) is 2.25. The number of aromatic nitrogens is 4. The average molecular weight is 245 g/mol. The topological polar surface area (TPSA) is 43.6 Å². The molecule has 6 heteroatoms. The average Bonchev–Trinajstić information content (AvgIpc) is 2.58. The fraction of sp³-hybridized carbons (Fsp3) is 0.167. The van der Waals surface area contributed by atoms with E-state index in [-0.39, 0.29) is 0 Å². The van der Waals surface area contributed by atoms with E-state index in [1.807, 2.05) is 11.6 Å². The van der Waals surface area contributed by atoms with E-state index in [0.29, 0.717) is 0 Å². The first-order valence-corrected chi connectivity index (χ1v) is 4.84. The van der Waals surface area contributed by atoms with Crippen molar-refractivity contribution in [2.75, 3.05) is 0 Å². The van der Waals surface area contributed by atoms with Gasteiger partial charge in [-0.05, 0) is 15.9 Å². The first kappa shape index (κ1) is 7.88. The number of hydrogen-bond acceptors (Lipinski definition) is 4. The third kappa shape index (κ3) is 1.27. The van der Waals surface area contributed by atoms with Crippen LogP contribution in [0.3, 0.4) is 0 Å². The van der Waals surface area contributed by atoms with E-state index in [9.17, 15) is 0 Å². The molecule has 2 rings (SSSR count). The number of imidazole rings is 1. The lowest BCUT2D eigenvalue weighted by molar-refractivity contribution is 0.914. The van der Waals surface area contributed by atoms with Crippen LogP contribution in [0.15, 0.2) is 16.4 Å². The van der Waals surface area contributed by atoms with Crippen molar-refractivity contribution in [3.8, 4) is 10.7 Å². The fourth-order valence-electron chi connectivity index (χ4n) is 0.872. The van der Waals surface area contributed by atoms with E-state index in [2.05, 4.69) is 31.1 Å². The highest BCUT2D eigenvalue weighted by Gasteiger charge is 2.07. The first-order chi connectivity index (χ1) is 5.77. The normalized spacial score (nSPS) is 10.5. The van der Waals surface area contributed by atoms with Gasteiger partial charge in [0.2, 0.25) is 0 Å². The van der Waals surface area contributed by atoms with Crippen LogP contribution in [0.1, 0.15) is 0 Å². The zero-order valence-electron chi connectivity index (χ0n) is 6.23. The molecule has 12 heavy (non-hydrogen) atoms. The van der Waals surface area contributed by atoms with Gasteiger partial charge in [-0.3, -0.25) is 0 Å². The summed E-state index contributed by atoms with van der Waals surface area (Å²) >= 11 is 4.75. The summed E-state index contributed by atoms with van der Waals surface area (Å²) in [6, 6.07) is 0. The Balaban J connectivity index is 2.50. The molecule has 0 atom stereocenters. The summed E-state index contributed by atoms with van der Waals surface area (Å²) in [5.74, 6) is 0. The molecule has 4 nitrogen and oxygen atoms in total. The molecule has 0 aliphatic carbocycles. The lowest BCUT2D eigenvalue weighted by Crippen LogP contribution is -1.87. The number of rotatable bonds is 1. The van der Waals surface area contributed by atoms with Gasteiger partial charge in [-0.15, -0.1) is 10.2 Å². The minimum Gasteiger partial charge on any atom is -0.332 e. The van der Waals surface area contributed by atoms with E-state index in [1.54, 1.807) is 12.5 Å². The standard InChI is InChI=1S/C6H5BrN4S/c1-11-3-8-2-4(11)5-9-10-6(7)12-5/h2-3H,1H3. The molecular formula is C6H5BrN4S. The molecule has 62 valence electrons. The molecule has 0 aliphatic rings. The Morgan fingerprint density at radius 2 is 2.33 bits per heavy atom. The maximum absolute atomic E-state index is 3.99. The van der Waals surface area contributed by atoms with Crippen LogP contribution >= 0.6 is 27.3 Å². The zero-order valence-corrected chi connectivity index (χ0v) is 8.63. The summed E-state index contributed by atoms with van der Waals surface area (Å²) in [5, 5.41) is 8.71. The van der Waals surface area contributed by atoms with Crippen molar-refractivity contribution in [2.24, 2.45) is 7.05 Å². The van der Waals surface area contributed by atoms with Crippen LogP contribution in [0, 0.1) is 0 Å². The van der Waals surface area contributed by atoms with Gasteiger partial charge in [0.05, 0.1) is 18.2 Å². The van der Waals surface area contributed by atoms with Crippen molar-refractivity contribution < 1.29 is 0 Å². The number of aryl methyl sites for hydroxylation is 1. The molecule has 2 heterocycles. The summed E-state index contributed by atoms with van der Waals surface area (Å²) < 4.78 is 2.70. The highest BCUT2D eigenvalue weighted by Crippen LogP contribution is 2.25. The summed E-state index contributed by atoms with van der Waals surface area (Å²) in [6.07, 6.45) is 3.51. The first-order valence-electron chi connectivity index (χ1n) is 3.23. The predicted octanol–water partition coefficient (Wildman–Crippen LogP) is 1.70. The minimum absolute atomic E-state index is 0.790. The Labute approximate surface area is 81.4 Å². The maximum Gasteiger partial charge on any atom is 0.183 e. The second kappa shape index (κ2) is 2.95. The van der Waals surface area contributed by atoms with Crippen molar-refractivity contribution in [1.29, 1.82) is 0 Å². The molecule has 2 aromatic heterocycles.